The fourth-order valence-corrected chi connectivity index (χ4v) is 21.9. The zero-order valence-electron chi connectivity index (χ0n) is 71.5. The van der Waals surface area contributed by atoms with Crippen molar-refractivity contribution in [1.82, 2.24) is 63.7 Å². The topological polar surface area (TPSA) is 51.4 Å². The smallest absolute Gasteiger partial charge is 0.0870 e. The second-order valence-electron chi connectivity index (χ2n) is 39.1. The monoisotopic (exact) mass is 1400 g/mol. The van der Waals surface area contributed by atoms with Gasteiger partial charge in [-0.3, -0.25) is 58.8 Å². The van der Waals surface area contributed by atoms with Gasteiger partial charge in [-0.2, -0.15) is 0 Å². The van der Waals surface area contributed by atoms with Crippen LogP contribution >= 0.6 is 0 Å². The molecule has 0 amide bonds. The van der Waals surface area contributed by atoms with Crippen LogP contribution in [0.2, 0.25) is 0 Å². The Morgan fingerprint density at radius 1 is 0.220 bits per heavy atom. The van der Waals surface area contributed by atoms with Gasteiger partial charge in [0.1, 0.15) is 0 Å². The third kappa shape index (κ3) is 21.7. The highest BCUT2D eigenvalue weighted by atomic mass is 16.5. The van der Waals surface area contributed by atoms with E-state index in [1.165, 1.54) is 169 Å². The third-order valence-corrected chi connectivity index (χ3v) is 28.6. The number of morpholine rings is 1. The molecule has 1 aliphatic carbocycles. The van der Waals surface area contributed by atoms with Crippen molar-refractivity contribution in [3.8, 4) is 0 Å². The summed E-state index contributed by atoms with van der Waals surface area (Å²) in [4.78, 5) is 34.6. The van der Waals surface area contributed by atoms with Crippen molar-refractivity contribution in [3.05, 3.63) is 0 Å². The van der Waals surface area contributed by atoms with Gasteiger partial charge in [0.15, 0.2) is 0 Å². The summed E-state index contributed by atoms with van der Waals surface area (Å²) >= 11 is 0. The number of rotatable bonds is 14. The number of nitrogens with zero attached hydrogens (tertiary/aromatic N) is 13. The van der Waals surface area contributed by atoms with Crippen molar-refractivity contribution in [2.45, 2.75) is 366 Å². The van der Waals surface area contributed by atoms with Gasteiger partial charge >= 0.3 is 0 Å². The first-order valence-corrected chi connectivity index (χ1v) is 43.5. The van der Waals surface area contributed by atoms with Gasteiger partial charge in [0.2, 0.25) is 0 Å². The quantitative estimate of drug-likeness (QED) is 0.166. The average molecular weight is 1400 g/mol. The molecule has 14 aliphatic rings. The SMILES string of the molecule is CC(C)C1CCC2CN(C(C)C)CC21.CC(C)N1CC2CCCN(C(C)C)C2C1.CC(C)N1CC2CCN(C(C)C)C2C1.CC(C)N1CC2CCN(C(C)C)C2C1.CC(C)N1CC2CN(C(C)C)C2C1.CC(C)N1CC2OCCN(C(C)C)C2C1.CC(C)N1CCC2CCN(C(C)C)C2C1. The molecule has 0 aromatic heterocycles. The Kier molecular flexibility index (Phi) is 32.9. The van der Waals surface area contributed by atoms with E-state index in [0.29, 0.717) is 24.2 Å². The zero-order valence-corrected chi connectivity index (χ0v) is 71.5. The number of hydrogen-bond donors (Lipinski definition) is 0. The maximum atomic E-state index is 5.88. The first-order valence-electron chi connectivity index (χ1n) is 43.5. The fraction of sp³-hybridized carbons (Fsp3) is 1.00. The van der Waals surface area contributed by atoms with Crippen molar-refractivity contribution >= 4 is 0 Å². The molecule has 0 aromatic rings. The van der Waals surface area contributed by atoms with Gasteiger partial charge in [-0.15, -0.1) is 0 Å². The number of ether oxygens (including phenoxy) is 1. The Morgan fingerprint density at radius 3 is 0.960 bits per heavy atom. The van der Waals surface area contributed by atoms with E-state index in [4.69, 9.17) is 4.74 Å². The molecule has 15 unspecified atom stereocenters. The molecule has 14 rings (SSSR count). The van der Waals surface area contributed by atoms with Crippen LogP contribution in [0, 0.1) is 53.3 Å². The van der Waals surface area contributed by atoms with Gasteiger partial charge in [0.25, 0.3) is 0 Å². The number of piperidine rings is 2. The van der Waals surface area contributed by atoms with Gasteiger partial charge in [0, 0.05) is 213 Å². The van der Waals surface area contributed by atoms with Gasteiger partial charge < -0.3 is 9.64 Å². The summed E-state index contributed by atoms with van der Waals surface area (Å²) in [5.41, 5.74) is 0. The molecule has 0 N–H and O–H groups in total. The van der Waals surface area contributed by atoms with E-state index in [1.807, 2.05) is 0 Å². The van der Waals surface area contributed by atoms with E-state index in [-0.39, 0.29) is 0 Å². The molecular formula is C86H171N13O. The minimum absolute atomic E-state index is 0.448. The molecule has 13 heterocycles. The van der Waals surface area contributed by atoms with Crippen molar-refractivity contribution < 1.29 is 4.74 Å². The first kappa shape index (κ1) is 85.1. The highest BCUT2D eigenvalue weighted by molar-refractivity contribution is 5.04. The molecule has 13 saturated heterocycles. The number of hydrogen-bond acceptors (Lipinski definition) is 14. The maximum absolute atomic E-state index is 5.88. The van der Waals surface area contributed by atoms with Crippen LogP contribution in [0.25, 0.3) is 0 Å². The van der Waals surface area contributed by atoms with E-state index in [1.54, 1.807) is 0 Å². The van der Waals surface area contributed by atoms with E-state index in [9.17, 15) is 0 Å². The predicted octanol–water partition coefficient (Wildman–Crippen LogP) is 13.6. The highest BCUT2D eigenvalue weighted by Gasteiger charge is 2.49. The molecule has 100 heavy (non-hydrogen) atoms. The van der Waals surface area contributed by atoms with E-state index >= 15 is 0 Å². The molecule has 0 radical (unpaired) electrons. The third-order valence-electron chi connectivity index (χ3n) is 28.6. The summed E-state index contributed by atoms with van der Waals surface area (Å²) in [6.07, 6.45) is 12.0. The summed E-state index contributed by atoms with van der Waals surface area (Å²) in [5.74, 6) is 8.80. The molecule has 586 valence electrons. The molecule has 13 aliphatic heterocycles. The summed E-state index contributed by atoms with van der Waals surface area (Å²) < 4.78 is 5.88. The first-order chi connectivity index (χ1) is 47.1. The average Bonchev–Trinajstić information content (AvgIpc) is 1.59. The van der Waals surface area contributed by atoms with Crippen LogP contribution in [0.1, 0.15) is 245 Å². The minimum atomic E-state index is 0.448. The van der Waals surface area contributed by atoms with Crippen LogP contribution in [-0.2, 0) is 4.74 Å². The van der Waals surface area contributed by atoms with E-state index in [2.05, 4.69) is 258 Å². The minimum Gasteiger partial charge on any atom is -0.374 e. The zero-order chi connectivity index (χ0) is 73.5. The Bertz CT molecular complexity index is 2140. The van der Waals surface area contributed by atoms with Crippen LogP contribution in [-0.4, -0.2) is 322 Å². The molecule has 14 heteroatoms. The Morgan fingerprint density at radius 2 is 0.540 bits per heavy atom. The van der Waals surface area contributed by atoms with Crippen LogP contribution in [0.15, 0.2) is 0 Å². The predicted molar refractivity (Wildman–Crippen MR) is 430 cm³/mol. The summed E-state index contributed by atoms with van der Waals surface area (Å²) in [6, 6.07) is 14.3. The van der Waals surface area contributed by atoms with Crippen molar-refractivity contribution in [3.63, 3.8) is 0 Å². The summed E-state index contributed by atoms with van der Waals surface area (Å²) in [7, 11) is 0. The van der Waals surface area contributed by atoms with Crippen molar-refractivity contribution in [1.29, 1.82) is 0 Å². The van der Waals surface area contributed by atoms with E-state index in [0.717, 1.165) is 170 Å². The second kappa shape index (κ2) is 38.7. The lowest BCUT2D eigenvalue weighted by Gasteiger charge is -2.46. The van der Waals surface area contributed by atoms with Crippen LogP contribution in [0.3, 0.4) is 0 Å². The lowest BCUT2D eigenvalue weighted by atomic mass is 9.84. The second-order valence-corrected chi connectivity index (χ2v) is 39.1. The highest BCUT2D eigenvalue weighted by Crippen LogP contribution is 2.46. The Labute approximate surface area is 622 Å². The van der Waals surface area contributed by atoms with Gasteiger partial charge in [-0.25, -0.2) is 0 Å². The van der Waals surface area contributed by atoms with Gasteiger partial charge in [-0.05, 0) is 311 Å². The maximum Gasteiger partial charge on any atom is 0.0870 e. The van der Waals surface area contributed by atoms with E-state index < -0.39 is 0 Å². The molecule has 1 saturated carbocycles. The molecule has 14 fully saturated rings. The lowest BCUT2D eigenvalue weighted by Crippen LogP contribution is -2.58. The van der Waals surface area contributed by atoms with Crippen LogP contribution in [0.4, 0.5) is 0 Å². The molecular weight excluding hydrogens is 1230 g/mol. The number of fused-ring (bicyclic) bond motifs is 7. The van der Waals surface area contributed by atoms with Gasteiger partial charge in [-0.1, -0.05) is 13.8 Å². The normalized spacial score (nSPS) is 35.0. The Balaban J connectivity index is 0.000000148. The van der Waals surface area contributed by atoms with Crippen LogP contribution in [0.5, 0.6) is 0 Å². The molecule has 14 nitrogen and oxygen atoms in total. The van der Waals surface area contributed by atoms with Crippen LogP contribution < -0.4 is 0 Å². The summed E-state index contributed by atoms with van der Waals surface area (Å²) in [5, 5.41) is 0. The van der Waals surface area contributed by atoms with Crippen molar-refractivity contribution in [2.75, 3.05) is 138 Å². The lowest BCUT2D eigenvalue weighted by molar-refractivity contribution is -0.0584. The number of likely N-dealkylation sites (tertiary alicyclic amines) is 12. The molecule has 15 atom stereocenters. The fourth-order valence-electron chi connectivity index (χ4n) is 21.9. The molecule has 0 bridgehead atoms. The van der Waals surface area contributed by atoms with Crippen molar-refractivity contribution in [2.24, 2.45) is 53.3 Å². The Hall–Kier alpha value is -0.560. The summed E-state index contributed by atoms with van der Waals surface area (Å²) in [6.45, 7) is 92.1. The standard InChI is InChI=1S/2C13H26N2.C13H25N.C12H24N2O.2C12H24N2.C11H22N2/c1-10(2)14-7-5-12-6-8-15(11(3)4)13(12)9-14;1-10(2)14-8-12-6-5-7-15(11(3)4)13(12)9-14;1-9(2)12-6-5-11-7-14(10(3)4)8-13(11)12;1-9(2)13-7-11-12(8-13)15-6-5-14(11)10(3)4;2*1-9(2)13-7-11-5-6-14(10(3)4)12(11)8-13;1-8(2)12-5-10-6-13(9(3)4)11(10)7-12/h2*10-13H,5-9H2,1-4H3;9-13H,5-8H2,1-4H3;9-12H,5-8H2,1-4H3;2*9-12H,5-8H2,1-4H3;8-11H,5-7H2,1-4H3. The largest absolute Gasteiger partial charge is 0.374 e. The molecule has 0 spiro atoms. The van der Waals surface area contributed by atoms with Gasteiger partial charge in [0.05, 0.1) is 18.8 Å². The molecule has 0 aromatic carbocycles.